The van der Waals surface area contributed by atoms with Gasteiger partial charge in [0.1, 0.15) is 5.75 Å². The minimum absolute atomic E-state index is 0.234. The van der Waals surface area contributed by atoms with Crippen LogP contribution in [0.5, 0.6) is 5.75 Å². The fourth-order valence-electron chi connectivity index (χ4n) is 1.25. The summed E-state index contributed by atoms with van der Waals surface area (Å²) in [7, 11) is 0. The van der Waals surface area contributed by atoms with Crippen molar-refractivity contribution in [3.8, 4) is 5.75 Å². The maximum atomic E-state index is 9.47. The zero-order valence-corrected chi connectivity index (χ0v) is 7.05. The summed E-state index contributed by atoms with van der Waals surface area (Å²) in [5, 5.41) is 11.8. The van der Waals surface area contributed by atoms with E-state index in [4.69, 9.17) is 11.6 Å². The molecule has 0 spiro atoms. The van der Waals surface area contributed by atoms with Crippen LogP contribution in [-0.2, 0) is 0 Å². The van der Waals surface area contributed by atoms with Crippen molar-refractivity contribution in [1.29, 1.82) is 0 Å². The second-order valence-corrected chi connectivity index (χ2v) is 3.08. The lowest BCUT2D eigenvalue weighted by molar-refractivity contribution is 0.481. The van der Waals surface area contributed by atoms with E-state index in [1.54, 1.807) is 6.07 Å². The van der Waals surface area contributed by atoms with Gasteiger partial charge in [-0.1, -0.05) is 35.9 Å². The van der Waals surface area contributed by atoms with Crippen LogP contribution in [-0.4, -0.2) is 5.11 Å². The van der Waals surface area contributed by atoms with Gasteiger partial charge in [0.15, 0.2) is 0 Å². The van der Waals surface area contributed by atoms with Gasteiger partial charge in [-0.05, 0) is 17.5 Å². The van der Waals surface area contributed by atoms with E-state index in [-0.39, 0.29) is 5.75 Å². The first-order valence-electron chi connectivity index (χ1n) is 3.64. The molecule has 2 heteroatoms. The quantitative estimate of drug-likeness (QED) is 0.657. The molecular formula is C10H7ClO. The number of phenolic OH excluding ortho intramolecular Hbond substituents is 1. The highest BCUT2D eigenvalue weighted by Crippen LogP contribution is 2.28. The normalized spacial score (nSPS) is 10.4. The maximum absolute atomic E-state index is 9.47. The van der Waals surface area contributed by atoms with E-state index < -0.39 is 0 Å². The van der Waals surface area contributed by atoms with Crippen molar-refractivity contribution in [2.45, 2.75) is 0 Å². The zero-order valence-electron chi connectivity index (χ0n) is 6.29. The zero-order chi connectivity index (χ0) is 8.55. The highest BCUT2D eigenvalue weighted by molar-refractivity contribution is 6.31. The second kappa shape index (κ2) is 2.68. The van der Waals surface area contributed by atoms with Crippen LogP contribution in [0.25, 0.3) is 10.8 Å². The highest BCUT2D eigenvalue weighted by atomic mass is 35.5. The third-order valence-corrected chi connectivity index (χ3v) is 2.02. The van der Waals surface area contributed by atoms with E-state index in [1.807, 2.05) is 30.3 Å². The molecule has 0 aromatic heterocycles. The van der Waals surface area contributed by atoms with Gasteiger partial charge in [-0.15, -0.1) is 0 Å². The molecule has 2 aromatic carbocycles. The van der Waals surface area contributed by atoms with Crippen LogP contribution in [0, 0.1) is 0 Å². The van der Waals surface area contributed by atoms with Crippen LogP contribution < -0.4 is 0 Å². The molecule has 0 bridgehead atoms. The molecule has 0 atom stereocenters. The fourth-order valence-corrected chi connectivity index (χ4v) is 1.48. The highest BCUT2D eigenvalue weighted by Gasteiger charge is 1.99. The number of fused-ring (bicyclic) bond motifs is 1. The molecule has 2 aromatic rings. The number of hydrogen-bond donors (Lipinski definition) is 1. The van der Waals surface area contributed by atoms with Crippen molar-refractivity contribution in [2.24, 2.45) is 0 Å². The third kappa shape index (κ3) is 1.12. The van der Waals surface area contributed by atoms with E-state index in [0.29, 0.717) is 5.02 Å². The van der Waals surface area contributed by atoms with Gasteiger partial charge in [0.2, 0.25) is 0 Å². The fraction of sp³-hybridized carbons (Fsp3) is 0. The maximum Gasteiger partial charge on any atom is 0.124 e. The first-order valence-corrected chi connectivity index (χ1v) is 4.02. The van der Waals surface area contributed by atoms with E-state index in [0.717, 1.165) is 10.8 Å². The van der Waals surface area contributed by atoms with E-state index in [2.05, 4.69) is 0 Å². The van der Waals surface area contributed by atoms with Crippen molar-refractivity contribution >= 4 is 22.4 Å². The Hall–Kier alpha value is -1.21. The van der Waals surface area contributed by atoms with Crippen molar-refractivity contribution < 1.29 is 5.11 Å². The molecule has 2 rings (SSSR count). The van der Waals surface area contributed by atoms with Crippen LogP contribution in [0.1, 0.15) is 0 Å². The summed E-state index contributed by atoms with van der Waals surface area (Å²) in [6.07, 6.45) is 0. The van der Waals surface area contributed by atoms with Gasteiger partial charge >= 0.3 is 0 Å². The molecule has 0 unspecified atom stereocenters. The first-order chi connectivity index (χ1) is 5.77. The summed E-state index contributed by atoms with van der Waals surface area (Å²) in [5.74, 6) is 0.234. The smallest absolute Gasteiger partial charge is 0.124 e. The molecule has 0 fully saturated rings. The lowest BCUT2D eigenvalue weighted by atomic mass is 10.1. The Morgan fingerprint density at radius 1 is 1.08 bits per heavy atom. The van der Waals surface area contributed by atoms with Crippen molar-refractivity contribution in [3.63, 3.8) is 0 Å². The lowest BCUT2D eigenvalue weighted by Gasteiger charge is -2.00. The predicted molar refractivity (Wildman–Crippen MR) is 50.6 cm³/mol. The molecule has 0 radical (unpaired) electrons. The van der Waals surface area contributed by atoms with E-state index >= 15 is 0 Å². The minimum Gasteiger partial charge on any atom is -0.507 e. The number of aromatic hydroxyl groups is 1. The molecule has 0 aliphatic rings. The third-order valence-electron chi connectivity index (χ3n) is 1.80. The van der Waals surface area contributed by atoms with Crippen LogP contribution >= 0.6 is 11.6 Å². The standard InChI is InChI=1S/C10H7ClO/c11-8-5-7-3-1-2-4-9(7)10(12)6-8/h1-6,12H. The topological polar surface area (TPSA) is 20.2 Å². The Balaban J connectivity index is 2.89. The van der Waals surface area contributed by atoms with Gasteiger partial charge in [-0.3, -0.25) is 0 Å². The molecule has 1 N–H and O–H groups in total. The SMILES string of the molecule is Oc1cc(Cl)cc2ccccc12. The summed E-state index contributed by atoms with van der Waals surface area (Å²) in [6, 6.07) is 11.0. The largest absolute Gasteiger partial charge is 0.507 e. The minimum atomic E-state index is 0.234. The molecule has 0 amide bonds. The second-order valence-electron chi connectivity index (χ2n) is 2.65. The summed E-state index contributed by atoms with van der Waals surface area (Å²) in [6.45, 7) is 0. The van der Waals surface area contributed by atoms with Crippen molar-refractivity contribution in [2.75, 3.05) is 0 Å². The van der Waals surface area contributed by atoms with Crippen molar-refractivity contribution in [3.05, 3.63) is 41.4 Å². The van der Waals surface area contributed by atoms with Crippen LogP contribution in [0.3, 0.4) is 0 Å². The average Bonchev–Trinajstić information content (AvgIpc) is 2.04. The number of benzene rings is 2. The molecule has 0 heterocycles. The van der Waals surface area contributed by atoms with Gasteiger partial charge in [0.05, 0.1) is 0 Å². The Labute approximate surface area is 75.2 Å². The van der Waals surface area contributed by atoms with E-state index in [1.165, 1.54) is 0 Å². The molecule has 0 aliphatic carbocycles. The predicted octanol–water partition coefficient (Wildman–Crippen LogP) is 3.20. The molecule has 0 aliphatic heterocycles. The molecule has 60 valence electrons. The number of phenols is 1. The van der Waals surface area contributed by atoms with Gasteiger partial charge < -0.3 is 5.11 Å². The molecule has 0 saturated carbocycles. The summed E-state index contributed by atoms with van der Waals surface area (Å²) < 4.78 is 0. The Morgan fingerprint density at radius 3 is 2.67 bits per heavy atom. The molecule has 1 nitrogen and oxygen atoms in total. The van der Waals surface area contributed by atoms with Gasteiger partial charge in [0.25, 0.3) is 0 Å². The van der Waals surface area contributed by atoms with Crippen molar-refractivity contribution in [1.82, 2.24) is 0 Å². The lowest BCUT2D eigenvalue weighted by Crippen LogP contribution is -1.73. The number of rotatable bonds is 0. The average molecular weight is 179 g/mol. The van der Waals surface area contributed by atoms with Crippen LogP contribution in [0.15, 0.2) is 36.4 Å². The molecule has 12 heavy (non-hydrogen) atoms. The Morgan fingerprint density at radius 2 is 1.83 bits per heavy atom. The summed E-state index contributed by atoms with van der Waals surface area (Å²) in [5.41, 5.74) is 0. The van der Waals surface area contributed by atoms with Crippen LogP contribution in [0.2, 0.25) is 5.02 Å². The number of halogens is 1. The van der Waals surface area contributed by atoms with Gasteiger partial charge in [0, 0.05) is 10.4 Å². The van der Waals surface area contributed by atoms with Gasteiger partial charge in [-0.2, -0.15) is 0 Å². The summed E-state index contributed by atoms with van der Waals surface area (Å²) in [4.78, 5) is 0. The summed E-state index contributed by atoms with van der Waals surface area (Å²) >= 11 is 5.76. The van der Waals surface area contributed by atoms with Gasteiger partial charge in [-0.25, -0.2) is 0 Å². The monoisotopic (exact) mass is 178 g/mol. The Kier molecular flexibility index (Phi) is 1.66. The number of hydrogen-bond acceptors (Lipinski definition) is 1. The van der Waals surface area contributed by atoms with E-state index in [9.17, 15) is 5.11 Å². The first kappa shape index (κ1) is 7.44. The molecule has 0 saturated heterocycles. The Bertz CT molecular complexity index is 423. The molecular weight excluding hydrogens is 172 g/mol. The van der Waals surface area contributed by atoms with Crippen LogP contribution in [0.4, 0.5) is 0 Å².